The van der Waals surface area contributed by atoms with Crippen LogP contribution in [0.25, 0.3) is 11.3 Å². The monoisotopic (exact) mass is 268 g/mol. The second-order valence-electron chi connectivity index (χ2n) is 5.01. The standard InChI is InChI=1S/C16H16N2S/c1-11-16(18-15(19-11)6-3-9-17)14-8-7-12-4-2-5-13(12)10-14/h7-8,10H,2-6H2,1H3. The van der Waals surface area contributed by atoms with Gasteiger partial charge in [0.25, 0.3) is 0 Å². The Labute approximate surface area is 117 Å². The van der Waals surface area contributed by atoms with Crippen molar-refractivity contribution in [1.82, 2.24) is 4.98 Å². The molecule has 0 aliphatic heterocycles. The Hall–Kier alpha value is -1.66. The van der Waals surface area contributed by atoms with Crippen molar-refractivity contribution in [2.75, 3.05) is 0 Å². The van der Waals surface area contributed by atoms with Crippen molar-refractivity contribution >= 4 is 11.3 Å². The highest BCUT2D eigenvalue weighted by Gasteiger charge is 2.14. The maximum absolute atomic E-state index is 8.65. The molecule has 3 heteroatoms. The number of hydrogen-bond donors (Lipinski definition) is 0. The molecule has 1 aliphatic carbocycles. The summed E-state index contributed by atoms with van der Waals surface area (Å²) in [5, 5.41) is 9.73. The number of hydrogen-bond acceptors (Lipinski definition) is 3. The molecule has 1 aromatic carbocycles. The Morgan fingerprint density at radius 3 is 3.00 bits per heavy atom. The van der Waals surface area contributed by atoms with Crippen molar-refractivity contribution in [3.63, 3.8) is 0 Å². The summed E-state index contributed by atoms with van der Waals surface area (Å²) in [6.45, 7) is 2.12. The molecule has 0 saturated carbocycles. The summed E-state index contributed by atoms with van der Waals surface area (Å²) in [4.78, 5) is 5.97. The van der Waals surface area contributed by atoms with Crippen molar-refractivity contribution in [3.05, 3.63) is 39.2 Å². The first kappa shape index (κ1) is 12.4. The number of nitrogens with zero attached hydrogens (tertiary/aromatic N) is 2. The lowest BCUT2D eigenvalue weighted by molar-refractivity contribution is 0.912. The van der Waals surface area contributed by atoms with Crippen molar-refractivity contribution in [3.8, 4) is 17.3 Å². The Morgan fingerprint density at radius 2 is 2.16 bits per heavy atom. The number of fused-ring (bicyclic) bond motifs is 1. The third kappa shape index (κ3) is 2.41. The number of rotatable bonds is 3. The minimum absolute atomic E-state index is 0.552. The van der Waals surface area contributed by atoms with Crippen LogP contribution >= 0.6 is 11.3 Å². The summed E-state index contributed by atoms with van der Waals surface area (Å²) in [7, 11) is 0. The van der Waals surface area contributed by atoms with Crippen LogP contribution in [0.15, 0.2) is 18.2 Å². The van der Waals surface area contributed by atoms with Gasteiger partial charge in [0.05, 0.1) is 16.8 Å². The topological polar surface area (TPSA) is 36.7 Å². The van der Waals surface area contributed by atoms with E-state index in [-0.39, 0.29) is 0 Å². The Bertz CT molecular complexity index is 649. The second-order valence-corrected chi connectivity index (χ2v) is 6.30. The van der Waals surface area contributed by atoms with Crippen LogP contribution in [0.1, 0.15) is 33.9 Å². The number of aryl methyl sites for hydroxylation is 4. The van der Waals surface area contributed by atoms with Crippen LogP contribution in [-0.2, 0) is 19.3 Å². The van der Waals surface area contributed by atoms with Gasteiger partial charge in [-0.25, -0.2) is 4.98 Å². The molecular weight excluding hydrogens is 252 g/mol. The average Bonchev–Trinajstić information content (AvgIpc) is 3.01. The molecule has 3 rings (SSSR count). The van der Waals surface area contributed by atoms with Crippen LogP contribution in [0.5, 0.6) is 0 Å². The van der Waals surface area contributed by atoms with E-state index >= 15 is 0 Å². The molecule has 0 spiro atoms. The molecule has 0 bridgehead atoms. The highest BCUT2D eigenvalue weighted by molar-refractivity contribution is 7.12. The van der Waals surface area contributed by atoms with Crippen molar-refractivity contribution in [2.24, 2.45) is 0 Å². The predicted octanol–water partition coefficient (Wildman–Crippen LogP) is 4.06. The molecule has 1 heterocycles. The molecule has 0 unspecified atom stereocenters. The largest absolute Gasteiger partial charge is 0.241 e. The summed E-state index contributed by atoms with van der Waals surface area (Å²) in [5.74, 6) is 0. The summed E-state index contributed by atoms with van der Waals surface area (Å²) < 4.78 is 0. The molecule has 19 heavy (non-hydrogen) atoms. The van der Waals surface area contributed by atoms with Gasteiger partial charge >= 0.3 is 0 Å². The van der Waals surface area contributed by atoms with Crippen molar-refractivity contribution in [2.45, 2.75) is 39.0 Å². The normalized spacial score (nSPS) is 13.3. The summed E-state index contributed by atoms with van der Waals surface area (Å²) in [6, 6.07) is 8.94. The fourth-order valence-corrected chi connectivity index (χ4v) is 3.66. The highest BCUT2D eigenvalue weighted by atomic mass is 32.1. The molecule has 0 N–H and O–H groups in total. The van der Waals surface area contributed by atoms with E-state index in [9.17, 15) is 0 Å². The Morgan fingerprint density at radius 1 is 1.32 bits per heavy atom. The lowest BCUT2D eigenvalue weighted by Crippen LogP contribution is -1.87. The molecule has 96 valence electrons. The molecule has 0 saturated heterocycles. The van der Waals surface area contributed by atoms with Crippen LogP contribution in [0.4, 0.5) is 0 Å². The number of benzene rings is 1. The molecule has 0 radical (unpaired) electrons. The maximum Gasteiger partial charge on any atom is 0.0945 e. The average molecular weight is 268 g/mol. The van der Waals surface area contributed by atoms with Crippen molar-refractivity contribution < 1.29 is 0 Å². The quantitative estimate of drug-likeness (QED) is 0.841. The minimum Gasteiger partial charge on any atom is -0.241 e. The smallest absolute Gasteiger partial charge is 0.0945 e. The molecular formula is C16H16N2S. The third-order valence-corrected chi connectivity index (χ3v) is 4.69. The van der Waals surface area contributed by atoms with Gasteiger partial charge in [-0.3, -0.25) is 0 Å². The van der Waals surface area contributed by atoms with Gasteiger partial charge in [-0.2, -0.15) is 5.26 Å². The van der Waals surface area contributed by atoms with Gasteiger partial charge < -0.3 is 0 Å². The van der Waals surface area contributed by atoms with Gasteiger partial charge in [0.2, 0.25) is 0 Å². The van der Waals surface area contributed by atoms with E-state index in [0.29, 0.717) is 6.42 Å². The van der Waals surface area contributed by atoms with Gasteiger partial charge in [0, 0.05) is 23.3 Å². The predicted molar refractivity (Wildman–Crippen MR) is 78.2 cm³/mol. The second kappa shape index (κ2) is 5.14. The van der Waals surface area contributed by atoms with E-state index in [2.05, 4.69) is 31.2 Å². The van der Waals surface area contributed by atoms with Gasteiger partial charge in [-0.05, 0) is 43.4 Å². The van der Waals surface area contributed by atoms with E-state index in [1.54, 1.807) is 11.3 Å². The van der Waals surface area contributed by atoms with Gasteiger partial charge in [0.15, 0.2) is 0 Å². The Kier molecular flexibility index (Phi) is 3.35. The fraction of sp³-hybridized carbons (Fsp3) is 0.375. The number of nitriles is 1. The van der Waals surface area contributed by atoms with E-state index in [0.717, 1.165) is 17.1 Å². The Balaban J connectivity index is 1.93. The molecule has 1 aromatic heterocycles. The maximum atomic E-state index is 8.65. The highest BCUT2D eigenvalue weighted by Crippen LogP contribution is 2.31. The zero-order chi connectivity index (χ0) is 13.2. The zero-order valence-electron chi connectivity index (χ0n) is 11.1. The van der Waals surface area contributed by atoms with Crippen LogP contribution < -0.4 is 0 Å². The van der Waals surface area contributed by atoms with Crippen LogP contribution in [-0.4, -0.2) is 4.98 Å². The molecule has 0 atom stereocenters. The summed E-state index contributed by atoms with van der Waals surface area (Å²) >= 11 is 1.72. The molecule has 2 nitrogen and oxygen atoms in total. The molecule has 0 fully saturated rings. The van der Waals surface area contributed by atoms with Gasteiger partial charge in [-0.15, -0.1) is 11.3 Å². The first-order valence-corrected chi connectivity index (χ1v) is 7.55. The third-order valence-electron chi connectivity index (χ3n) is 3.66. The van der Waals surface area contributed by atoms with Crippen LogP contribution in [0.3, 0.4) is 0 Å². The van der Waals surface area contributed by atoms with E-state index < -0.39 is 0 Å². The van der Waals surface area contributed by atoms with E-state index in [1.807, 2.05) is 0 Å². The van der Waals surface area contributed by atoms with Gasteiger partial charge in [0.1, 0.15) is 0 Å². The minimum atomic E-state index is 0.552. The van der Waals surface area contributed by atoms with E-state index in [4.69, 9.17) is 10.2 Å². The molecule has 0 amide bonds. The number of aromatic nitrogens is 1. The fourth-order valence-electron chi connectivity index (χ4n) is 2.71. The molecule has 1 aliphatic rings. The van der Waals surface area contributed by atoms with E-state index in [1.165, 1.54) is 40.8 Å². The van der Waals surface area contributed by atoms with Crippen LogP contribution in [0, 0.1) is 18.3 Å². The van der Waals surface area contributed by atoms with Crippen molar-refractivity contribution in [1.29, 1.82) is 5.26 Å². The summed E-state index contributed by atoms with van der Waals surface area (Å²) in [6.07, 6.45) is 5.03. The zero-order valence-corrected chi connectivity index (χ0v) is 11.9. The molecule has 2 aromatic rings. The lowest BCUT2D eigenvalue weighted by Gasteiger charge is -2.03. The van der Waals surface area contributed by atoms with Gasteiger partial charge in [-0.1, -0.05) is 12.1 Å². The number of thiazole rings is 1. The van der Waals surface area contributed by atoms with Crippen LogP contribution in [0.2, 0.25) is 0 Å². The first-order valence-electron chi connectivity index (χ1n) is 6.73. The first-order chi connectivity index (χ1) is 9.28. The lowest BCUT2D eigenvalue weighted by atomic mass is 10.0. The summed E-state index contributed by atoms with van der Waals surface area (Å²) in [5.41, 5.74) is 5.33. The SMILES string of the molecule is Cc1sc(CCC#N)nc1-c1ccc2c(c1)CCC2.